The molecule has 0 heterocycles. The Morgan fingerprint density at radius 2 is 1.75 bits per heavy atom. The molecule has 0 aromatic rings. The van der Waals surface area contributed by atoms with Crippen LogP contribution in [0, 0.1) is 5.92 Å². The maximum Gasteiger partial charge on any atom is 0.0889 e. The van der Waals surface area contributed by atoms with E-state index in [2.05, 4.69) is 28.1 Å². The van der Waals surface area contributed by atoms with E-state index in [0.29, 0.717) is 0 Å². The van der Waals surface area contributed by atoms with Gasteiger partial charge >= 0.3 is 0 Å². The number of hydrogen-bond acceptors (Lipinski definition) is 0. The molecule has 1 heteroatoms. The van der Waals surface area contributed by atoms with Crippen molar-refractivity contribution in [2.45, 2.75) is 45.1 Å². The largest absolute Gasteiger partial charge is 0.328 e. The number of nitrogens with zero attached hydrogens (tertiary/aromatic N) is 1. The van der Waals surface area contributed by atoms with Gasteiger partial charge in [-0.3, -0.25) is 0 Å². The number of rotatable bonds is 4. The Morgan fingerprint density at radius 1 is 1.17 bits per heavy atom. The van der Waals surface area contributed by atoms with E-state index in [1.165, 1.54) is 36.6 Å². The molecule has 0 radical (unpaired) electrons. The zero-order valence-electron chi connectivity index (χ0n) is 9.14. The van der Waals surface area contributed by atoms with Crippen LogP contribution in [-0.2, 0) is 0 Å². The summed E-state index contributed by atoms with van der Waals surface area (Å²) in [5.41, 5.74) is 0. The van der Waals surface area contributed by atoms with Crippen molar-refractivity contribution >= 4 is 0 Å². The minimum absolute atomic E-state index is 0.951. The molecule has 0 aromatic heterocycles. The predicted octanol–water partition coefficient (Wildman–Crippen LogP) is 2.66. The molecule has 0 unspecified atom stereocenters. The quantitative estimate of drug-likeness (QED) is 0.569. The van der Waals surface area contributed by atoms with Crippen molar-refractivity contribution in [3.63, 3.8) is 0 Å². The van der Waals surface area contributed by atoms with E-state index < -0.39 is 0 Å². The molecule has 0 amide bonds. The number of quaternary nitrogens is 1. The van der Waals surface area contributed by atoms with Crippen LogP contribution in [0.5, 0.6) is 0 Å². The van der Waals surface area contributed by atoms with E-state index in [1.807, 2.05) is 0 Å². The Morgan fingerprint density at radius 3 is 2.17 bits per heavy atom. The molecular weight excluding hydrogens is 146 g/mol. The van der Waals surface area contributed by atoms with E-state index in [1.54, 1.807) is 0 Å². The van der Waals surface area contributed by atoms with Crippen LogP contribution in [0.4, 0.5) is 0 Å². The highest BCUT2D eigenvalue weighted by atomic mass is 15.3. The third-order valence-corrected chi connectivity index (χ3v) is 3.27. The minimum Gasteiger partial charge on any atom is -0.328 e. The van der Waals surface area contributed by atoms with Gasteiger partial charge < -0.3 is 4.48 Å². The van der Waals surface area contributed by atoms with Crippen LogP contribution in [0.25, 0.3) is 0 Å². The molecule has 1 rings (SSSR count). The van der Waals surface area contributed by atoms with Gasteiger partial charge in [0, 0.05) is 12.8 Å². The molecule has 1 aliphatic rings. The average molecular weight is 170 g/mol. The van der Waals surface area contributed by atoms with Crippen LogP contribution in [0.15, 0.2) is 0 Å². The van der Waals surface area contributed by atoms with Gasteiger partial charge in [0.15, 0.2) is 0 Å². The molecule has 0 saturated heterocycles. The van der Waals surface area contributed by atoms with Crippen LogP contribution >= 0.6 is 0 Å². The lowest BCUT2D eigenvalue weighted by molar-refractivity contribution is -0.903. The van der Waals surface area contributed by atoms with Crippen LogP contribution in [0.1, 0.15) is 39.0 Å². The highest BCUT2D eigenvalue weighted by molar-refractivity contribution is 4.79. The molecule has 1 aliphatic carbocycles. The Balaban J connectivity index is 2.12. The predicted molar refractivity (Wildman–Crippen MR) is 54.1 cm³/mol. The fraction of sp³-hybridized carbons (Fsp3) is 1.00. The van der Waals surface area contributed by atoms with E-state index >= 15 is 0 Å². The van der Waals surface area contributed by atoms with Crippen LogP contribution < -0.4 is 0 Å². The summed E-state index contributed by atoms with van der Waals surface area (Å²) in [6.07, 6.45) is 7.24. The summed E-state index contributed by atoms with van der Waals surface area (Å²) in [6.45, 7) is 2.29. The fourth-order valence-electron chi connectivity index (χ4n) is 2.06. The summed E-state index contributed by atoms with van der Waals surface area (Å²) in [4.78, 5) is 0. The second kappa shape index (κ2) is 3.78. The second-order valence-electron chi connectivity index (χ2n) is 5.25. The standard InChI is InChI=1S/C11H24N/c1-5-6-7-10-8-11(9-10)12(2,3)4/h10-11H,5-9H2,1-4H3/q+1. The van der Waals surface area contributed by atoms with Crippen LogP contribution in [0.3, 0.4) is 0 Å². The zero-order chi connectivity index (χ0) is 9.19. The highest BCUT2D eigenvalue weighted by Crippen LogP contribution is 2.36. The van der Waals surface area contributed by atoms with Gasteiger partial charge in [0.05, 0.1) is 27.2 Å². The topological polar surface area (TPSA) is 0 Å². The molecule has 0 atom stereocenters. The lowest BCUT2D eigenvalue weighted by atomic mass is 9.76. The van der Waals surface area contributed by atoms with Gasteiger partial charge in [0.1, 0.15) is 0 Å². The summed E-state index contributed by atoms with van der Waals surface area (Å²) in [5, 5.41) is 0. The first-order valence-corrected chi connectivity index (χ1v) is 5.35. The Bertz CT molecular complexity index is 128. The van der Waals surface area contributed by atoms with Crippen molar-refractivity contribution in [2.24, 2.45) is 5.92 Å². The summed E-state index contributed by atoms with van der Waals surface area (Å²) in [5.74, 6) is 1.06. The molecule has 0 aliphatic heterocycles. The van der Waals surface area contributed by atoms with Gasteiger partial charge in [-0.1, -0.05) is 19.8 Å². The number of unbranched alkanes of at least 4 members (excludes halogenated alkanes) is 1. The van der Waals surface area contributed by atoms with Crippen molar-refractivity contribution in [3.8, 4) is 0 Å². The lowest BCUT2D eigenvalue weighted by Crippen LogP contribution is -2.52. The molecule has 0 bridgehead atoms. The van der Waals surface area contributed by atoms with Crippen molar-refractivity contribution in [1.82, 2.24) is 0 Å². The first-order valence-electron chi connectivity index (χ1n) is 5.35. The van der Waals surface area contributed by atoms with Gasteiger partial charge in [-0.15, -0.1) is 0 Å². The third-order valence-electron chi connectivity index (χ3n) is 3.27. The Hall–Kier alpha value is -0.0400. The molecule has 12 heavy (non-hydrogen) atoms. The van der Waals surface area contributed by atoms with Gasteiger partial charge in [-0.05, 0) is 12.3 Å². The maximum atomic E-state index is 2.32. The summed E-state index contributed by atoms with van der Waals surface area (Å²) < 4.78 is 1.17. The minimum atomic E-state index is 0.951. The first-order chi connectivity index (χ1) is 5.54. The van der Waals surface area contributed by atoms with Gasteiger partial charge in [0.25, 0.3) is 0 Å². The fourth-order valence-corrected chi connectivity index (χ4v) is 2.06. The highest BCUT2D eigenvalue weighted by Gasteiger charge is 2.37. The molecular formula is C11H24N+. The monoisotopic (exact) mass is 170 g/mol. The van der Waals surface area contributed by atoms with E-state index in [4.69, 9.17) is 0 Å². The van der Waals surface area contributed by atoms with Gasteiger partial charge in [-0.2, -0.15) is 0 Å². The van der Waals surface area contributed by atoms with Crippen molar-refractivity contribution in [1.29, 1.82) is 0 Å². The molecule has 0 spiro atoms. The van der Waals surface area contributed by atoms with Crippen molar-refractivity contribution in [2.75, 3.05) is 21.1 Å². The molecule has 1 nitrogen and oxygen atoms in total. The summed E-state index contributed by atoms with van der Waals surface area (Å²) >= 11 is 0. The maximum absolute atomic E-state index is 2.32. The van der Waals surface area contributed by atoms with E-state index in [9.17, 15) is 0 Å². The normalized spacial score (nSPS) is 30.0. The Labute approximate surface area is 77.4 Å². The lowest BCUT2D eigenvalue weighted by Gasteiger charge is -2.44. The SMILES string of the molecule is CCCCC1CC([N+](C)(C)C)C1. The molecule has 0 aromatic carbocycles. The molecule has 0 N–H and O–H groups in total. The van der Waals surface area contributed by atoms with Gasteiger partial charge in [-0.25, -0.2) is 0 Å². The average Bonchev–Trinajstić information content (AvgIpc) is 1.81. The summed E-state index contributed by atoms with van der Waals surface area (Å²) in [6, 6.07) is 0.951. The Kier molecular flexibility index (Phi) is 3.16. The zero-order valence-corrected chi connectivity index (χ0v) is 9.14. The second-order valence-corrected chi connectivity index (χ2v) is 5.25. The number of hydrogen-bond donors (Lipinski definition) is 0. The third kappa shape index (κ3) is 2.48. The van der Waals surface area contributed by atoms with Gasteiger partial charge in [0.2, 0.25) is 0 Å². The van der Waals surface area contributed by atoms with Crippen LogP contribution in [0.2, 0.25) is 0 Å². The van der Waals surface area contributed by atoms with Crippen molar-refractivity contribution in [3.05, 3.63) is 0 Å². The first kappa shape index (κ1) is 10.0. The molecule has 72 valence electrons. The van der Waals surface area contributed by atoms with Crippen molar-refractivity contribution < 1.29 is 4.48 Å². The van der Waals surface area contributed by atoms with Crippen LogP contribution in [-0.4, -0.2) is 31.7 Å². The summed E-state index contributed by atoms with van der Waals surface area (Å²) in [7, 11) is 6.96. The molecule has 1 fully saturated rings. The van der Waals surface area contributed by atoms with E-state index in [-0.39, 0.29) is 0 Å². The smallest absolute Gasteiger partial charge is 0.0889 e. The van der Waals surface area contributed by atoms with E-state index in [0.717, 1.165) is 12.0 Å². The molecule has 1 saturated carbocycles.